The van der Waals surface area contributed by atoms with Crippen molar-refractivity contribution in [3.63, 3.8) is 0 Å². The molecule has 0 saturated carbocycles. The molecule has 0 spiro atoms. The highest BCUT2D eigenvalue weighted by molar-refractivity contribution is 9.10. The Bertz CT molecular complexity index is 656. The Labute approximate surface area is 147 Å². The van der Waals surface area contributed by atoms with Crippen molar-refractivity contribution in [2.75, 3.05) is 6.61 Å². The zero-order chi connectivity index (χ0) is 20.4. The van der Waals surface area contributed by atoms with Crippen LogP contribution in [0.25, 0.3) is 0 Å². The summed E-state index contributed by atoms with van der Waals surface area (Å²) in [6.45, 7) is -1.61. The fourth-order valence-electron chi connectivity index (χ4n) is 1.31. The first-order chi connectivity index (χ1) is 11.6. The number of rotatable bonds is 6. The van der Waals surface area contributed by atoms with Crippen molar-refractivity contribution >= 4 is 22.1 Å². The maximum atomic E-state index is 12.9. The van der Waals surface area contributed by atoms with Gasteiger partial charge in [0.15, 0.2) is 6.61 Å². The van der Waals surface area contributed by atoms with Crippen molar-refractivity contribution in [1.82, 2.24) is 5.43 Å². The first kappa shape index (κ1) is 22.3. The molecule has 0 aliphatic carbocycles. The molecule has 148 valence electrons. The largest absolute Gasteiger partial charge is 0.483 e. The van der Waals surface area contributed by atoms with Crippen molar-refractivity contribution < 1.29 is 48.6 Å². The highest BCUT2D eigenvalue weighted by atomic mass is 79.9. The van der Waals surface area contributed by atoms with Crippen LogP contribution in [0.4, 0.5) is 43.9 Å². The van der Waals surface area contributed by atoms with Crippen LogP contribution in [0, 0.1) is 0 Å². The summed E-state index contributed by atoms with van der Waals surface area (Å²) in [7, 11) is 0. The van der Waals surface area contributed by atoms with E-state index in [-0.39, 0.29) is 15.8 Å². The second kappa shape index (κ2) is 7.48. The fraction of sp³-hybridized carbons (Fsp3) is 0.417. The van der Waals surface area contributed by atoms with Gasteiger partial charge in [-0.2, -0.15) is 49.0 Å². The average Bonchev–Trinajstić information content (AvgIpc) is 2.43. The van der Waals surface area contributed by atoms with E-state index in [0.29, 0.717) is 11.6 Å². The van der Waals surface area contributed by atoms with E-state index in [1.54, 1.807) is 0 Å². The lowest BCUT2D eigenvalue weighted by atomic mass is 10.2. The van der Waals surface area contributed by atoms with Gasteiger partial charge in [-0.15, -0.1) is 0 Å². The SMILES string of the molecule is FC(F)(F)COc1ccc(/C=N\NC(F)(F)C(F)(F)C(F)(F)F)cc1Br. The summed E-state index contributed by atoms with van der Waals surface area (Å²) >= 11 is 2.81. The topological polar surface area (TPSA) is 33.6 Å². The van der Waals surface area contributed by atoms with E-state index in [4.69, 9.17) is 0 Å². The summed E-state index contributed by atoms with van der Waals surface area (Å²) < 4.78 is 127. The van der Waals surface area contributed by atoms with Gasteiger partial charge >= 0.3 is 24.3 Å². The van der Waals surface area contributed by atoms with Gasteiger partial charge < -0.3 is 4.74 Å². The molecule has 0 radical (unpaired) electrons. The van der Waals surface area contributed by atoms with E-state index >= 15 is 0 Å². The molecule has 1 aromatic carbocycles. The van der Waals surface area contributed by atoms with E-state index in [1.165, 1.54) is 0 Å². The van der Waals surface area contributed by atoms with Crippen LogP contribution in [0.15, 0.2) is 27.8 Å². The number of ether oxygens (including phenoxy) is 1. The maximum Gasteiger partial charge on any atom is 0.462 e. The smallest absolute Gasteiger partial charge is 0.462 e. The maximum absolute atomic E-state index is 12.9. The standard InChI is InChI=1S/C12H7BrF10N2O/c13-7-3-6(1-2-8(7)26-5-9(14,15)16)4-24-25-12(22,23)10(17,18)11(19,20)21/h1-4,25H,5H2/b24-4-. The van der Waals surface area contributed by atoms with E-state index in [2.05, 4.69) is 25.8 Å². The van der Waals surface area contributed by atoms with Gasteiger partial charge in [-0.25, -0.2) is 5.43 Å². The Morgan fingerprint density at radius 1 is 1.00 bits per heavy atom. The van der Waals surface area contributed by atoms with Gasteiger partial charge in [-0.1, -0.05) is 0 Å². The van der Waals surface area contributed by atoms with Gasteiger partial charge in [-0.3, -0.25) is 0 Å². The van der Waals surface area contributed by atoms with Crippen LogP contribution < -0.4 is 10.2 Å². The van der Waals surface area contributed by atoms with Crippen LogP contribution >= 0.6 is 15.9 Å². The molecule has 26 heavy (non-hydrogen) atoms. The summed E-state index contributed by atoms with van der Waals surface area (Å²) in [4.78, 5) is 0. The lowest BCUT2D eigenvalue weighted by Crippen LogP contribution is -2.58. The highest BCUT2D eigenvalue weighted by Gasteiger charge is 2.73. The van der Waals surface area contributed by atoms with Crippen LogP contribution in [0.2, 0.25) is 0 Å². The van der Waals surface area contributed by atoms with Crippen LogP contribution in [0.5, 0.6) is 5.75 Å². The molecule has 1 rings (SSSR count). The summed E-state index contributed by atoms with van der Waals surface area (Å²) in [5.74, 6) is -6.66. The Morgan fingerprint density at radius 2 is 1.58 bits per heavy atom. The molecule has 0 heterocycles. The van der Waals surface area contributed by atoms with Crippen molar-refractivity contribution in [3.8, 4) is 5.75 Å². The number of nitrogens with one attached hydrogen (secondary N) is 1. The quantitative estimate of drug-likeness (QED) is 0.275. The van der Waals surface area contributed by atoms with E-state index in [0.717, 1.165) is 18.2 Å². The molecule has 14 heteroatoms. The zero-order valence-electron chi connectivity index (χ0n) is 12.0. The molecule has 0 atom stereocenters. The lowest BCUT2D eigenvalue weighted by Gasteiger charge is -2.27. The predicted octanol–water partition coefficient (Wildman–Crippen LogP) is 5.10. The van der Waals surface area contributed by atoms with Gasteiger partial charge in [-0.05, 0) is 39.7 Å². The number of hydrazone groups is 1. The molecule has 0 aliphatic heterocycles. The number of benzene rings is 1. The van der Waals surface area contributed by atoms with Crippen LogP contribution in [-0.4, -0.2) is 37.1 Å². The third-order valence-electron chi connectivity index (χ3n) is 2.52. The first-order valence-electron chi connectivity index (χ1n) is 6.18. The second-order valence-electron chi connectivity index (χ2n) is 4.61. The van der Waals surface area contributed by atoms with Gasteiger partial charge in [0.25, 0.3) is 0 Å². The lowest BCUT2D eigenvalue weighted by molar-refractivity contribution is -0.361. The number of nitrogens with zero attached hydrogens (tertiary/aromatic N) is 1. The molecular weight excluding hydrogens is 458 g/mol. The van der Waals surface area contributed by atoms with Crippen LogP contribution in [0.3, 0.4) is 0 Å². The number of halogens is 11. The monoisotopic (exact) mass is 464 g/mol. The Balaban J connectivity index is 2.82. The molecule has 0 aromatic heterocycles. The minimum Gasteiger partial charge on any atom is -0.483 e. The van der Waals surface area contributed by atoms with Crippen LogP contribution in [-0.2, 0) is 0 Å². The minimum atomic E-state index is -6.51. The van der Waals surface area contributed by atoms with Crippen molar-refractivity contribution in [1.29, 1.82) is 0 Å². The Kier molecular flexibility index (Phi) is 6.42. The van der Waals surface area contributed by atoms with Gasteiger partial charge in [0.1, 0.15) is 5.75 Å². The molecular formula is C12H7BrF10N2O. The van der Waals surface area contributed by atoms with E-state index in [9.17, 15) is 43.9 Å². The summed E-state index contributed by atoms with van der Waals surface area (Å²) in [6.07, 6.45) is -10.7. The number of hydrogen-bond acceptors (Lipinski definition) is 3. The molecule has 1 N–H and O–H groups in total. The summed E-state index contributed by atoms with van der Waals surface area (Å²) in [5.41, 5.74) is 0.288. The predicted molar refractivity (Wildman–Crippen MR) is 72.4 cm³/mol. The minimum absolute atomic E-state index is 0.0712. The molecule has 0 amide bonds. The normalized spacial score (nSPS) is 14.0. The first-order valence-corrected chi connectivity index (χ1v) is 6.98. The molecule has 0 fully saturated rings. The zero-order valence-corrected chi connectivity index (χ0v) is 13.6. The Morgan fingerprint density at radius 3 is 2.04 bits per heavy atom. The van der Waals surface area contributed by atoms with Crippen molar-refractivity contribution in [2.45, 2.75) is 24.3 Å². The third kappa shape index (κ3) is 5.64. The van der Waals surface area contributed by atoms with Crippen molar-refractivity contribution in [2.24, 2.45) is 5.10 Å². The molecule has 0 bridgehead atoms. The molecule has 3 nitrogen and oxygen atoms in total. The molecule has 0 aliphatic rings. The number of hydrogen-bond donors (Lipinski definition) is 1. The van der Waals surface area contributed by atoms with Gasteiger partial charge in [0.05, 0.1) is 10.7 Å². The molecule has 0 saturated heterocycles. The van der Waals surface area contributed by atoms with E-state index in [1.807, 2.05) is 0 Å². The van der Waals surface area contributed by atoms with Gasteiger partial charge in [0, 0.05) is 0 Å². The molecule has 0 unspecified atom stereocenters. The van der Waals surface area contributed by atoms with Gasteiger partial charge in [0.2, 0.25) is 0 Å². The second-order valence-corrected chi connectivity index (χ2v) is 5.46. The summed E-state index contributed by atoms with van der Waals surface area (Å²) in [5, 5.41) is 2.60. The van der Waals surface area contributed by atoms with Crippen LogP contribution in [0.1, 0.15) is 5.56 Å². The molecule has 1 aromatic rings. The number of alkyl halides is 10. The fourth-order valence-corrected chi connectivity index (χ4v) is 1.82. The summed E-state index contributed by atoms with van der Waals surface area (Å²) in [6, 6.07) is -2.74. The Hall–Kier alpha value is -1.73. The highest BCUT2D eigenvalue weighted by Crippen LogP contribution is 2.45. The van der Waals surface area contributed by atoms with E-state index < -0.39 is 30.9 Å². The third-order valence-corrected chi connectivity index (χ3v) is 3.14. The van der Waals surface area contributed by atoms with Crippen molar-refractivity contribution in [3.05, 3.63) is 28.2 Å². The average molecular weight is 465 g/mol.